The summed E-state index contributed by atoms with van der Waals surface area (Å²) in [4.78, 5) is 19.7. The number of anilines is 1. The monoisotopic (exact) mass is 313 g/mol. The molecule has 1 fully saturated rings. The summed E-state index contributed by atoms with van der Waals surface area (Å²) in [5, 5.41) is 9.23. The number of hydrogen-bond donors (Lipinski definition) is 1. The van der Waals surface area contributed by atoms with Crippen LogP contribution in [0.4, 0.5) is 5.82 Å². The third kappa shape index (κ3) is 2.64. The normalized spacial score (nSPS) is 19.6. The van der Waals surface area contributed by atoms with Gasteiger partial charge in [0.1, 0.15) is 11.4 Å². The van der Waals surface area contributed by atoms with Crippen LogP contribution in [0.1, 0.15) is 16.8 Å². The van der Waals surface area contributed by atoms with Gasteiger partial charge in [-0.05, 0) is 42.5 Å². The van der Waals surface area contributed by atoms with Gasteiger partial charge in [0, 0.05) is 29.8 Å². The van der Waals surface area contributed by atoms with Crippen LogP contribution < -0.4 is 4.90 Å². The largest absolute Gasteiger partial charge is 0.478 e. The Kier molecular flexibility index (Phi) is 3.87. The maximum absolute atomic E-state index is 11.2. The van der Waals surface area contributed by atoms with E-state index < -0.39 is 5.97 Å². The quantitative estimate of drug-likeness (QED) is 0.920. The maximum Gasteiger partial charge on any atom is 0.339 e. The molecule has 0 amide bonds. The highest BCUT2D eigenvalue weighted by atomic mass is 79.9. The zero-order valence-corrected chi connectivity index (χ0v) is 12.0. The topological polar surface area (TPSA) is 56.7 Å². The zero-order chi connectivity index (χ0) is 13.3. The first kappa shape index (κ1) is 13.3. The van der Waals surface area contributed by atoms with Crippen LogP contribution in [0.5, 0.6) is 0 Å². The molecule has 0 aromatic carbocycles. The van der Waals surface area contributed by atoms with Crippen molar-refractivity contribution in [1.82, 2.24) is 9.88 Å². The number of carbonyl (C=O) groups is 1. The summed E-state index contributed by atoms with van der Waals surface area (Å²) in [6, 6.07) is 2.06. The summed E-state index contributed by atoms with van der Waals surface area (Å²) in [6.45, 7) is 1.67. The van der Waals surface area contributed by atoms with Gasteiger partial charge in [-0.25, -0.2) is 9.78 Å². The van der Waals surface area contributed by atoms with Crippen LogP contribution in [0.3, 0.4) is 0 Å². The lowest BCUT2D eigenvalue weighted by atomic mass is 10.2. The van der Waals surface area contributed by atoms with E-state index >= 15 is 0 Å². The lowest BCUT2D eigenvalue weighted by molar-refractivity contribution is 0.0697. The molecule has 18 heavy (non-hydrogen) atoms. The Bertz CT molecular complexity index is 465. The van der Waals surface area contributed by atoms with E-state index in [4.69, 9.17) is 0 Å². The fourth-order valence-corrected chi connectivity index (χ4v) is 2.53. The third-order valence-corrected chi connectivity index (χ3v) is 3.69. The van der Waals surface area contributed by atoms with Gasteiger partial charge in [-0.15, -0.1) is 0 Å². The number of halogens is 1. The smallest absolute Gasteiger partial charge is 0.339 e. The van der Waals surface area contributed by atoms with Crippen molar-refractivity contribution in [3.05, 3.63) is 22.3 Å². The number of rotatable bonds is 3. The summed E-state index contributed by atoms with van der Waals surface area (Å²) in [5.41, 5.74) is 0.254. The van der Waals surface area contributed by atoms with Gasteiger partial charge in [0.15, 0.2) is 0 Å². The Morgan fingerprint density at radius 1 is 1.61 bits per heavy atom. The fraction of sp³-hybridized carbons (Fsp3) is 0.500. The molecule has 1 aliphatic heterocycles. The summed E-state index contributed by atoms with van der Waals surface area (Å²) >= 11 is 3.26. The minimum Gasteiger partial charge on any atom is -0.478 e. The van der Waals surface area contributed by atoms with Crippen LogP contribution in [-0.2, 0) is 0 Å². The molecule has 0 saturated carbocycles. The summed E-state index contributed by atoms with van der Waals surface area (Å²) in [5.74, 6) is -0.373. The van der Waals surface area contributed by atoms with Crippen LogP contribution in [0.25, 0.3) is 0 Å². The second-order valence-corrected chi connectivity index (χ2v) is 5.60. The van der Waals surface area contributed by atoms with E-state index in [0.29, 0.717) is 16.3 Å². The Labute approximate surface area is 115 Å². The molecule has 0 spiro atoms. The average Bonchev–Trinajstić information content (AvgIpc) is 2.78. The molecule has 1 unspecified atom stereocenters. The molecular weight excluding hydrogens is 298 g/mol. The van der Waals surface area contributed by atoms with E-state index in [1.165, 1.54) is 0 Å². The molecule has 0 aliphatic carbocycles. The molecule has 2 rings (SSSR count). The van der Waals surface area contributed by atoms with Gasteiger partial charge in [0.2, 0.25) is 0 Å². The molecule has 0 bridgehead atoms. The standard InChI is InChI=1S/C12H16BrN3O2/c1-15(2)9-3-4-16(7-9)11-10(12(17)18)5-8(13)6-14-11/h5-6,9H,3-4,7H2,1-2H3,(H,17,18). The number of carboxylic acids is 1. The number of carboxylic acid groups (broad SMARTS) is 1. The Morgan fingerprint density at radius 2 is 2.33 bits per heavy atom. The van der Waals surface area contributed by atoms with E-state index in [1.54, 1.807) is 12.3 Å². The Morgan fingerprint density at radius 3 is 2.89 bits per heavy atom. The highest BCUT2D eigenvalue weighted by molar-refractivity contribution is 9.10. The second-order valence-electron chi connectivity index (χ2n) is 4.68. The third-order valence-electron chi connectivity index (χ3n) is 3.26. The van der Waals surface area contributed by atoms with Crippen molar-refractivity contribution in [2.75, 3.05) is 32.1 Å². The molecule has 2 heterocycles. The lowest BCUT2D eigenvalue weighted by Crippen LogP contribution is -2.32. The predicted molar refractivity (Wildman–Crippen MR) is 73.2 cm³/mol. The van der Waals surface area contributed by atoms with Gasteiger partial charge in [-0.2, -0.15) is 0 Å². The minimum absolute atomic E-state index is 0.254. The number of aromatic carboxylic acids is 1. The summed E-state index contributed by atoms with van der Waals surface area (Å²) in [6.07, 6.45) is 2.68. The molecule has 1 saturated heterocycles. The van der Waals surface area contributed by atoms with Gasteiger partial charge in [-0.1, -0.05) is 0 Å². The first-order valence-electron chi connectivity index (χ1n) is 5.79. The molecular formula is C12H16BrN3O2. The van der Waals surface area contributed by atoms with E-state index in [9.17, 15) is 9.90 Å². The van der Waals surface area contributed by atoms with Gasteiger partial charge in [-0.3, -0.25) is 0 Å². The molecule has 98 valence electrons. The number of hydrogen-bond acceptors (Lipinski definition) is 4. The first-order chi connectivity index (χ1) is 8.49. The SMILES string of the molecule is CN(C)C1CCN(c2ncc(Br)cc2C(=O)O)C1. The van der Waals surface area contributed by atoms with Gasteiger partial charge < -0.3 is 14.9 Å². The van der Waals surface area contributed by atoms with Crippen LogP contribution in [-0.4, -0.2) is 54.2 Å². The van der Waals surface area contributed by atoms with Crippen molar-refractivity contribution in [3.8, 4) is 0 Å². The van der Waals surface area contributed by atoms with Gasteiger partial charge in [0.05, 0.1) is 0 Å². The first-order valence-corrected chi connectivity index (χ1v) is 6.58. The molecule has 1 aromatic rings. The molecule has 1 aliphatic rings. The molecule has 6 heteroatoms. The van der Waals surface area contributed by atoms with E-state index in [0.717, 1.165) is 19.5 Å². The second kappa shape index (κ2) is 5.24. The minimum atomic E-state index is -0.938. The Hall–Kier alpha value is -1.14. The molecule has 0 radical (unpaired) electrons. The van der Waals surface area contributed by atoms with Crippen LogP contribution in [0.15, 0.2) is 16.7 Å². The van der Waals surface area contributed by atoms with Crippen molar-refractivity contribution in [2.45, 2.75) is 12.5 Å². The van der Waals surface area contributed by atoms with E-state index in [1.807, 2.05) is 19.0 Å². The van der Waals surface area contributed by atoms with E-state index in [-0.39, 0.29) is 5.56 Å². The van der Waals surface area contributed by atoms with Crippen molar-refractivity contribution in [3.63, 3.8) is 0 Å². The maximum atomic E-state index is 11.2. The molecule has 1 N–H and O–H groups in total. The van der Waals surface area contributed by atoms with Crippen molar-refractivity contribution < 1.29 is 9.90 Å². The molecule has 5 nitrogen and oxygen atoms in total. The van der Waals surface area contributed by atoms with Crippen LogP contribution >= 0.6 is 15.9 Å². The number of nitrogens with zero attached hydrogens (tertiary/aromatic N) is 3. The highest BCUT2D eigenvalue weighted by Gasteiger charge is 2.27. The molecule has 1 atom stereocenters. The number of aromatic nitrogens is 1. The van der Waals surface area contributed by atoms with Gasteiger partial charge in [0.25, 0.3) is 0 Å². The van der Waals surface area contributed by atoms with Gasteiger partial charge >= 0.3 is 5.97 Å². The fourth-order valence-electron chi connectivity index (χ4n) is 2.20. The van der Waals surface area contributed by atoms with Crippen molar-refractivity contribution in [2.24, 2.45) is 0 Å². The predicted octanol–water partition coefficient (Wildman–Crippen LogP) is 1.68. The van der Waals surface area contributed by atoms with E-state index in [2.05, 4.69) is 25.8 Å². The average molecular weight is 314 g/mol. The van der Waals surface area contributed by atoms with Crippen molar-refractivity contribution in [1.29, 1.82) is 0 Å². The summed E-state index contributed by atoms with van der Waals surface area (Å²) in [7, 11) is 4.09. The summed E-state index contributed by atoms with van der Waals surface area (Å²) < 4.78 is 0.687. The zero-order valence-electron chi connectivity index (χ0n) is 10.4. The Balaban J connectivity index is 2.27. The lowest BCUT2D eigenvalue weighted by Gasteiger charge is -2.22. The number of pyridine rings is 1. The van der Waals surface area contributed by atoms with Crippen molar-refractivity contribution >= 4 is 27.7 Å². The highest BCUT2D eigenvalue weighted by Crippen LogP contribution is 2.26. The van der Waals surface area contributed by atoms with Crippen LogP contribution in [0.2, 0.25) is 0 Å². The number of likely N-dealkylation sites (N-methyl/N-ethyl adjacent to an activating group) is 1. The molecule has 1 aromatic heterocycles. The van der Waals surface area contributed by atoms with Crippen LogP contribution in [0, 0.1) is 0 Å².